The SMILES string of the molecule is [CH2-]Cl.[Hf].c1ccc2[cH-]c(-n3c4c(c5ccccc53)CCCC4)cc2c1.c1ccc2[cH-]c(-n3c4c(c5ccccc53)CCCC4)cc2c1. The topological polar surface area (TPSA) is 9.86 Å². The number of nitrogens with zero attached hydrogens (tertiary/aromatic N) is 2. The van der Waals surface area contributed by atoms with Crippen LogP contribution >= 0.6 is 11.6 Å². The van der Waals surface area contributed by atoms with Gasteiger partial charge in [-0.25, -0.2) is 0 Å². The standard InChI is InChI=1S/2C21H18N.CH2Cl.Hf/c2*1-2-8-16-14-17(13-15(16)7-1)22-20-11-5-3-9-18(20)19-10-4-6-12-21(19)22;1-2;/h2*1-3,5,7-9,11,13-14H,4,6,10,12H2;1H2;/q3*-1;. The van der Waals surface area contributed by atoms with Crippen LogP contribution in [0.5, 0.6) is 0 Å². The molecule has 2 aliphatic carbocycles. The average molecular weight is 797 g/mol. The Morgan fingerprint density at radius 2 is 0.872 bits per heavy atom. The molecule has 47 heavy (non-hydrogen) atoms. The molecule has 0 N–H and O–H groups in total. The van der Waals surface area contributed by atoms with E-state index in [9.17, 15) is 0 Å². The van der Waals surface area contributed by atoms with Crippen LogP contribution in [0.4, 0.5) is 0 Å². The van der Waals surface area contributed by atoms with Crippen molar-refractivity contribution in [2.75, 3.05) is 0 Å². The molecule has 2 nitrogen and oxygen atoms in total. The largest absolute Gasteiger partial charge is 0.352 e. The normalized spacial score (nSPS) is 13.7. The van der Waals surface area contributed by atoms with Crippen molar-refractivity contribution in [2.45, 2.75) is 51.4 Å². The molecular weight excluding hydrogens is 758 g/mol. The van der Waals surface area contributed by atoms with E-state index < -0.39 is 0 Å². The van der Waals surface area contributed by atoms with Crippen molar-refractivity contribution in [3.63, 3.8) is 0 Å². The van der Waals surface area contributed by atoms with Crippen LogP contribution < -0.4 is 0 Å². The molecule has 0 atom stereocenters. The molecule has 0 spiro atoms. The van der Waals surface area contributed by atoms with E-state index >= 15 is 0 Å². The van der Waals surface area contributed by atoms with E-state index in [0.29, 0.717) is 0 Å². The summed E-state index contributed by atoms with van der Waals surface area (Å²) in [5.41, 5.74) is 11.6. The molecule has 2 heterocycles. The van der Waals surface area contributed by atoms with Gasteiger partial charge in [0.25, 0.3) is 0 Å². The summed E-state index contributed by atoms with van der Waals surface area (Å²) in [5.74, 6) is 0. The van der Waals surface area contributed by atoms with Crippen LogP contribution in [0.15, 0.2) is 121 Å². The Balaban J connectivity index is 0.000000139. The van der Waals surface area contributed by atoms with Crippen LogP contribution in [0.3, 0.4) is 0 Å². The molecule has 0 amide bonds. The first-order valence-electron chi connectivity index (χ1n) is 16.6. The molecule has 0 unspecified atom stereocenters. The Labute approximate surface area is 301 Å². The van der Waals surface area contributed by atoms with Gasteiger partial charge in [-0.3, -0.25) is 6.38 Å². The molecule has 2 aliphatic rings. The van der Waals surface area contributed by atoms with E-state index in [1.54, 1.807) is 11.1 Å². The molecule has 0 saturated carbocycles. The zero-order valence-electron chi connectivity index (χ0n) is 26.7. The Bertz CT molecular complexity index is 2080. The van der Waals surface area contributed by atoms with Gasteiger partial charge in [0, 0.05) is 48.0 Å². The quantitative estimate of drug-likeness (QED) is 0.122. The third-order valence-corrected chi connectivity index (χ3v) is 10.1. The fraction of sp³-hybridized carbons (Fsp3) is 0.186. The second kappa shape index (κ2) is 13.8. The van der Waals surface area contributed by atoms with Gasteiger partial charge in [0.05, 0.1) is 11.0 Å². The maximum atomic E-state index is 4.39. The van der Waals surface area contributed by atoms with Gasteiger partial charge in [-0.05, 0) is 86.0 Å². The number of halogens is 1. The van der Waals surface area contributed by atoms with Crippen LogP contribution in [-0.2, 0) is 51.5 Å². The average Bonchev–Trinajstić information content (AvgIpc) is 3.89. The predicted octanol–water partition coefficient (Wildman–Crippen LogP) is 11.8. The van der Waals surface area contributed by atoms with Gasteiger partial charge in [0.2, 0.25) is 0 Å². The number of benzene rings is 4. The summed E-state index contributed by atoms with van der Waals surface area (Å²) in [6, 6.07) is 44.4. The smallest absolute Gasteiger partial charge is 0.0516 e. The van der Waals surface area contributed by atoms with E-state index in [-0.39, 0.29) is 25.8 Å². The second-order valence-corrected chi connectivity index (χ2v) is 12.7. The third kappa shape index (κ3) is 5.66. The summed E-state index contributed by atoms with van der Waals surface area (Å²) in [4.78, 5) is 0. The molecule has 10 rings (SSSR count). The van der Waals surface area contributed by atoms with Crippen molar-refractivity contribution >= 4 is 55.0 Å². The number of para-hydroxylation sites is 2. The molecule has 234 valence electrons. The fourth-order valence-corrected chi connectivity index (χ4v) is 8.11. The van der Waals surface area contributed by atoms with E-state index in [2.05, 4.69) is 148 Å². The van der Waals surface area contributed by atoms with Gasteiger partial charge in [-0.15, -0.1) is 82.2 Å². The van der Waals surface area contributed by atoms with Gasteiger partial charge in [-0.2, -0.15) is 0 Å². The zero-order valence-corrected chi connectivity index (χ0v) is 31.0. The number of fused-ring (bicyclic) bond motifs is 8. The number of aryl methyl sites for hydroxylation is 2. The summed E-state index contributed by atoms with van der Waals surface area (Å²) in [6.45, 7) is 0. The minimum Gasteiger partial charge on any atom is -0.352 e. The van der Waals surface area contributed by atoms with Gasteiger partial charge >= 0.3 is 0 Å². The number of aromatic nitrogens is 2. The zero-order chi connectivity index (χ0) is 31.0. The molecule has 0 aliphatic heterocycles. The van der Waals surface area contributed by atoms with E-state index in [0.717, 1.165) is 0 Å². The number of rotatable bonds is 2. The number of hydrogen-bond acceptors (Lipinski definition) is 0. The summed E-state index contributed by atoms with van der Waals surface area (Å²) in [5, 5.41) is 8.23. The van der Waals surface area contributed by atoms with Crippen molar-refractivity contribution in [1.82, 2.24) is 9.13 Å². The Morgan fingerprint density at radius 1 is 0.489 bits per heavy atom. The summed E-state index contributed by atoms with van der Waals surface area (Å²) >= 11 is 4.39. The fourth-order valence-electron chi connectivity index (χ4n) is 8.11. The van der Waals surface area contributed by atoms with Crippen molar-refractivity contribution < 1.29 is 25.8 Å². The Hall–Kier alpha value is -3.66. The molecule has 8 aromatic rings. The Morgan fingerprint density at radius 3 is 1.32 bits per heavy atom. The second-order valence-electron chi connectivity index (χ2n) is 12.7. The molecule has 0 bridgehead atoms. The summed E-state index contributed by atoms with van der Waals surface area (Å²) in [6.07, 6.45) is 12.8. The molecule has 4 heteroatoms. The minimum absolute atomic E-state index is 0. The predicted molar refractivity (Wildman–Crippen MR) is 197 cm³/mol. The third-order valence-electron chi connectivity index (χ3n) is 10.1. The van der Waals surface area contributed by atoms with Crippen LogP contribution in [0, 0.1) is 6.38 Å². The van der Waals surface area contributed by atoms with E-state index in [1.165, 1.54) is 117 Å². The summed E-state index contributed by atoms with van der Waals surface area (Å²) in [7, 11) is 0. The van der Waals surface area contributed by atoms with Crippen molar-refractivity contribution in [3.8, 4) is 11.4 Å². The van der Waals surface area contributed by atoms with Gasteiger partial charge in [-0.1, -0.05) is 48.5 Å². The van der Waals surface area contributed by atoms with Crippen molar-refractivity contribution in [2.24, 2.45) is 0 Å². The molecule has 0 saturated heterocycles. The van der Waals surface area contributed by atoms with Crippen molar-refractivity contribution in [1.29, 1.82) is 0 Å². The van der Waals surface area contributed by atoms with Crippen LogP contribution in [-0.4, -0.2) is 9.13 Å². The van der Waals surface area contributed by atoms with Gasteiger partial charge in [0.15, 0.2) is 0 Å². The van der Waals surface area contributed by atoms with Crippen LogP contribution in [0.1, 0.15) is 48.2 Å². The van der Waals surface area contributed by atoms with Crippen LogP contribution in [0.25, 0.3) is 54.7 Å². The summed E-state index contributed by atoms with van der Waals surface area (Å²) < 4.78 is 5.01. The van der Waals surface area contributed by atoms with E-state index in [4.69, 9.17) is 0 Å². The van der Waals surface area contributed by atoms with Crippen molar-refractivity contribution in [3.05, 3.63) is 150 Å². The Kier molecular flexibility index (Phi) is 9.39. The first-order chi connectivity index (χ1) is 22.8. The maximum Gasteiger partial charge on any atom is 0.0516 e. The van der Waals surface area contributed by atoms with Gasteiger partial charge < -0.3 is 20.7 Å². The molecule has 6 aromatic carbocycles. The van der Waals surface area contributed by atoms with E-state index in [1.807, 2.05) is 0 Å². The molecule has 0 radical (unpaired) electrons. The van der Waals surface area contributed by atoms with Crippen LogP contribution in [0.2, 0.25) is 0 Å². The maximum absolute atomic E-state index is 4.39. The van der Waals surface area contributed by atoms with Gasteiger partial charge in [0.1, 0.15) is 0 Å². The molecule has 0 fully saturated rings. The molecule has 2 aromatic heterocycles. The first-order valence-corrected chi connectivity index (χ1v) is 17.2. The monoisotopic (exact) mass is 797 g/mol. The number of hydrogen-bond donors (Lipinski definition) is 0. The first kappa shape index (κ1) is 31.9. The minimum atomic E-state index is 0. The molecular formula is C43H38ClHfN2-3.